The number of fused-ring (bicyclic) bond motifs is 1. The lowest BCUT2D eigenvalue weighted by molar-refractivity contribution is -0.116. The van der Waals surface area contributed by atoms with E-state index in [4.69, 9.17) is 11.6 Å². The van der Waals surface area contributed by atoms with E-state index in [0.29, 0.717) is 11.5 Å². The lowest BCUT2D eigenvalue weighted by Crippen LogP contribution is -2.47. The first-order valence-electron chi connectivity index (χ1n) is 9.06. The van der Waals surface area contributed by atoms with Gasteiger partial charge < -0.3 is 10.2 Å². The van der Waals surface area contributed by atoms with Crippen LogP contribution in [-0.2, 0) is 14.8 Å². The Bertz CT molecular complexity index is 1200. The molecular weight excluding hydrogens is 426 g/mol. The second-order valence-corrected chi connectivity index (χ2v) is 9.00. The summed E-state index contributed by atoms with van der Waals surface area (Å²) in [7, 11) is -3.91. The minimum Gasteiger partial charge on any atom is -0.322 e. The molecule has 0 aliphatic carbocycles. The number of sulfonamides is 1. The maximum absolute atomic E-state index is 13.1. The van der Waals surface area contributed by atoms with E-state index >= 15 is 0 Å². The summed E-state index contributed by atoms with van der Waals surface area (Å²) in [4.78, 5) is 22.6. The van der Waals surface area contributed by atoms with Gasteiger partial charge >= 0.3 is 0 Å². The predicted octanol–water partition coefficient (Wildman–Crippen LogP) is 3.18. The predicted molar refractivity (Wildman–Crippen MR) is 114 cm³/mol. The Kier molecular flexibility index (Phi) is 5.42. The van der Waals surface area contributed by atoms with Crippen molar-refractivity contribution in [3.05, 3.63) is 71.6 Å². The molecular formula is C20H18ClN5O3S. The molecule has 1 aliphatic heterocycles. The van der Waals surface area contributed by atoms with Gasteiger partial charge in [0.2, 0.25) is 15.9 Å². The number of amides is 1. The summed E-state index contributed by atoms with van der Waals surface area (Å²) in [5, 5.41) is 2.74. The van der Waals surface area contributed by atoms with Crippen molar-refractivity contribution in [3.8, 4) is 0 Å². The number of nitrogens with zero attached hydrogens (tertiary/aromatic N) is 4. The van der Waals surface area contributed by atoms with Crippen molar-refractivity contribution in [1.82, 2.24) is 14.3 Å². The Labute approximate surface area is 179 Å². The molecule has 0 saturated carbocycles. The summed E-state index contributed by atoms with van der Waals surface area (Å²) in [5.41, 5.74) is 2.17. The first-order valence-corrected chi connectivity index (χ1v) is 10.9. The number of carbonyl (C=O) groups excluding carboxylic acids is 1. The number of hydrogen-bond donors (Lipinski definition) is 1. The Balaban J connectivity index is 1.66. The van der Waals surface area contributed by atoms with Crippen LogP contribution < -0.4 is 10.2 Å². The monoisotopic (exact) mass is 443 g/mol. The molecule has 0 bridgehead atoms. The van der Waals surface area contributed by atoms with E-state index in [2.05, 4.69) is 15.3 Å². The number of hydrogen-bond acceptors (Lipinski definition) is 6. The third kappa shape index (κ3) is 3.87. The van der Waals surface area contributed by atoms with Crippen LogP contribution in [-0.4, -0.2) is 41.8 Å². The molecule has 1 aromatic carbocycles. The van der Waals surface area contributed by atoms with Crippen LogP contribution in [0.5, 0.6) is 0 Å². The number of nitrogens with one attached hydrogen (secondary N) is 1. The lowest BCUT2D eigenvalue weighted by atomic mass is 10.2. The van der Waals surface area contributed by atoms with Gasteiger partial charge in [-0.3, -0.25) is 4.79 Å². The Hall–Kier alpha value is -3.01. The maximum Gasteiger partial charge on any atom is 0.248 e. The molecule has 0 fully saturated rings. The average Bonchev–Trinajstić information content (AvgIpc) is 2.73. The molecule has 4 rings (SSSR count). The molecule has 2 aromatic heterocycles. The Morgan fingerprint density at radius 1 is 1.10 bits per heavy atom. The van der Waals surface area contributed by atoms with Gasteiger partial charge in [-0.2, -0.15) is 4.31 Å². The highest BCUT2D eigenvalue weighted by Crippen LogP contribution is 2.36. The standard InChI is InChI=1S/C20H18ClN5O3S/c1-14-6-8-15(9-7-14)26-13-25(30(28,29)17-5-3-11-23-20(17)26)12-18(27)24-16-4-2-10-22-19(16)21/h2-11H,12-13H2,1H3,(H,24,27). The van der Waals surface area contributed by atoms with E-state index in [1.165, 1.54) is 12.3 Å². The molecule has 3 heterocycles. The van der Waals surface area contributed by atoms with Crippen molar-refractivity contribution >= 4 is 44.7 Å². The van der Waals surface area contributed by atoms with Crippen molar-refractivity contribution in [2.24, 2.45) is 0 Å². The van der Waals surface area contributed by atoms with Gasteiger partial charge in [0, 0.05) is 18.1 Å². The zero-order valence-electron chi connectivity index (χ0n) is 16.0. The number of benzene rings is 1. The van der Waals surface area contributed by atoms with Crippen molar-refractivity contribution in [3.63, 3.8) is 0 Å². The molecule has 8 nitrogen and oxygen atoms in total. The van der Waals surface area contributed by atoms with Gasteiger partial charge in [0.05, 0.1) is 18.9 Å². The number of aryl methyl sites for hydroxylation is 1. The fourth-order valence-electron chi connectivity index (χ4n) is 3.12. The lowest BCUT2D eigenvalue weighted by Gasteiger charge is -2.36. The fraction of sp³-hybridized carbons (Fsp3) is 0.150. The van der Waals surface area contributed by atoms with Crippen LogP contribution in [0, 0.1) is 6.92 Å². The van der Waals surface area contributed by atoms with Crippen molar-refractivity contribution in [2.45, 2.75) is 11.8 Å². The quantitative estimate of drug-likeness (QED) is 0.622. The summed E-state index contributed by atoms with van der Waals surface area (Å²) in [6.45, 7) is 1.53. The smallest absolute Gasteiger partial charge is 0.248 e. The molecule has 1 aliphatic rings. The van der Waals surface area contributed by atoms with Crippen LogP contribution in [0.1, 0.15) is 5.56 Å². The van der Waals surface area contributed by atoms with Crippen molar-refractivity contribution in [1.29, 1.82) is 0 Å². The fourth-order valence-corrected chi connectivity index (χ4v) is 4.76. The van der Waals surface area contributed by atoms with Gasteiger partial charge in [-0.1, -0.05) is 29.3 Å². The maximum atomic E-state index is 13.1. The second kappa shape index (κ2) is 8.02. The summed E-state index contributed by atoms with van der Waals surface area (Å²) >= 11 is 5.98. The third-order valence-corrected chi connectivity index (χ3v) is 6.72. The molecule has 0 radical (unpaired) electrons. The molecule has 0 atom stereocenters. The van der Waals surface area contributed by atoms with Gasteiger partial charge in [-0.15, -0.1) is 0 Å². The zero-order chi connectivity index (χ0) is 21.3. The number of aromatic nitrogens is 2. The van der Waals surface area contributed by atoms with Crippen molar-refractivity contribution < 1.29 is 13.2 Å². The van der Waals surface area contributed by atoms with Crippen LogP contribution in [0.15, 0.2) is 65.8 Å². The molecule has 1 amide bonds. The Morgan fingerprint density at radius 2 is 1.80 bits per heavy atom. The highest BCUT2D eigenvalue weighted by atomic mass is 35.5. The second-order valence-electron chi connectivity index (χ2n) is 6.74. The number of rotatable bonds is 4. The van der Waals surface area contributed by atoms with Crippen LogP contribution in [0.25, 0.3) is 0 Å². The van der Waals surface area contributed by atoms with E-state index in [-0.39, 0.29) is 23.3 Å². The summed E-state index contributed by atoms with van der Waals surface area (Å²) in [5.74, 6) is -0.196. The summed E-state index contributed by atoms with van der Waals surface area (Å²) < 4.78 is 27.4. The van der Waals surface area contributed by atoms with E-state index in [9.17, 15) is 13.2 Å². The number of halogens is 1. The molecule has 0 unspecified atom stereocenters. The minimum absolute atomic E-state index is 0.0454. The molecule has 3 aromatic rings. The van der Waals surface area contributed by atoms with E-state index in [0.717, 1.165) is 15.6 Å². The normalized spacial score (nSPS) is 15.5. The first kappa shape index (κ1) is 20.3. The highest BCUT2D eigenvalue weighted by molar-refractivity contribution is 7.89. The number of pyridine rings is 2. The minimum atomic E-state index is -3.91. The number of anilines is 3. The highest BCUT2D eigenvalue weighted by Gasteiger charge is 2.38. The molecule has 30 heavy (non-hydrogen) atoms. The van der Waals surface area contributed by atoms with E-state index in [1.54, 1.807) is 29.3 Å². The van der Waals surface area contributed by atoms with Crippen LogP contribution in [0.3, 0.4) is 0 Å². The van der Waals surface area contributed by atoms with Crippen LogP contribution in [0.2, 0.25) is 5.15 Å². The zero-order valence-corrected chi connectivity index (χ0v) is 17.6. The topological polar surface area (TPSA) is 95.5 Å². The SMILES string of the molecule is Cc1ccc(N2CN(CC(=O)Nc3cccnc3Cl)S(=O)(=O)c3cccnc32)cc1. The molecule has 0 saturated heterocycles. The van der Waals surface area contributed by atoms with Gasteiger partial charge in [0.15, 0.2) is 11.0 Å². The van der Waals surface area contributed by atoms with Gasteiger partial charge in [0.25, 0.3) is 0 Å². The summed E-state index contributed by atoms with van der Waals surface area (Å²) in [6.07, 6.45) is 3.04. The van der Waals surface area contributed by atoms with Gasteiger partial charge in [0.1, 0.15) is 4.90 Å². The molecule has 1 N–H and O–H groups in total. The van der Waals surface area contributed by atoms with Gasteiger partial charge in [-0.05, 0) is 43.3 Å². The number of carbonyl (C=O) groups is 1. The van der Waals surface area contributed by atoms with Crippen LogP contribution >= 0.6 is 11.6 Å². The largest absolute Gasteiger partial charge is 0.322 e. The Morgan fingerprint density at radius 3 is 2.53 bits per heavy atom. The third-order valence-electron chi connectivity index (χ3n) is 4.62. The van der Waals surface area contributed by atoms with E-state index < -0.39 is 15.9 Å². The molecule has 10 heteroatoms. The molecule has 154 valence electrons. The average molecular weight is 444 g/mol. The van der Waals surface area contributed by atoms with Gasteiger partial charge in [-0.25, -0.2) is 18.4 Å². The van der Waals surface area contributed by atoms with E-state index in [1.807, 2.05) is 31.2 Å². The molecule has 0 spiro atoms. The van der Waals surface area contributed by atoms with Crippen molar-refractivity contribution in [2.75, 3.05) is 23.4 Å². The summed E-state index contributed by atoms with van der Waals surface area (Å²) in [6, 6.07) is 13.9. The first-order chi connectivity index (χ1) is 14.4. The van der Waals surface area contributed by atoms with Crippen LogP contribution in [0.4, 0.5) is 17.2 Å².